The van der Waals surface area contributed by atoms with Crippen molar-refractivity contribution in [1.29, 1.82) is 0 Å². The van der Waals surface area contributed by atoms with Crippen molar-refractivity contribution in [3.05, 3.63) is 0 Å². The standard InChI is InChI=1S/C2H5N3O2.ClH/c3-1(4)5-2(6)7;/h(H,6,7)(H4,3,4,5);1H. The molecule has 0 aliphatic carbocycles. The molecule has 0 aromatic rings. The first kappa shape index (κ1) is 10.1. The lowest BCUT2D eigenvalue weighted by molar-refractivity contribution is 0.205. The van der Waals surface area contributed by atoms with Gasteiger partial charge in [0.05, 0.1) is 0 Å². The maximum atomic E-state index is 9.46. The van der Waals surface area contributed by atoms with Crippen molar-refractivity contribution in [3.8, 4) is 0 Å². The number of nitrogens with two attached hydrogens (primary N) is 2. The molecule has 0 aliphatic rings. The van der Waals surface area contributed by atoms with Gasteiger partial charge in [-0.3, -0.25) is 0 Å². The number of rotatable bonds is 0. The second-order valence-electron chi connectivity index (χ2n) is 0.819. The highest BCUT2D eigenvalue weighted by atomic mass is 35.5. The van der Waals surface area contributed by atoms with E-state index in [1.165, 1.54) is 0 Å². The molecule has 0 spiro atoms. The second-order valence-corrected chi connectivity index (χ2v) is 0.819. The second kappa shape index (κ2) is 4.20. The zero-order chi connectivity index (χ0) is 5.86. The van der Waals surface area contributed by atoms with E-state index in [9.17, 15) is 4.79 Å². The van der Waals surface area contributed by atoms with Gasteiger partial charge in [0.15, 0.2) is 5.96 Å². The maximum Gasteiger partial charge on any atom is 0.434 e. The van der Waals surface area contributed by atoms with Gasteiger partial charge in [-0.15, -0.1) is 17.4 Å². The first-order valence-corrected chi connectivity index (χ1v) is 1.45. The molecular weight excluding hydrogens is 133 g/mol. The minimum absolute atomic E-state index is 0. The number of hydrogen-bond donors (Lipinski definition) is 3. The zero-order valence-corrected chi connectivity index (χ0v) is 4.68. The van der Waals surface area contributed by atoms with Crippen molar-refractivity contribution in [2.24, 2.45) is 16.5 Å². The van der Waals surface area contributed by atoms with Gasteiger partial charge in [-0.25, -0.2) is 4.79 Å². The van der Waals surface area contributed by atoms with E-state index in [0.29, 0.717) is 0 Å². The predicted molar refractivity (Wildman–Crippen MR) is 31.1 cm³/mol. The van der Waals surface area contributed by atoms with Gasteiger partial charge in [0.1, 0.15) is 0 Å². The Bertz CT molecular complexity index is 108. The van der Waals surface area contributed by atoms with Crippen LogP contribution in [0.3, 0.4) is 0 Å². The summed E-state index contributed by atoms with van der Waals surface area (Å²) in [6.07, 6.45) is -1.37. The van der Waals surface area contributed by atoms with Crippen LogP contribution in [0.25, 0.3) is 0 Å². The monoisotopic (exact) mass is 139 g/mol. The summed E-state index contributed by atoms with van der Waals surface area (Å²) in [6.45, 7) is 0. The largest absolute Gasteiger partial charge is 0.463 e. The first-order valence-electron chi connectivity index (χ1n) is 1.45. The molecule has 0 rings (SSSR count). The number of carboxylic acid groups (broad SMARTS) is 1. The van der Waals surface area contributed by atoms with E-state index < -0.39 is 12.1 Å². The smallest absolute Gasteiger partial charge is 0.434 e. The van der Waals surface area contributed by atoms with Gasteiger partial charge < -0.3 is 16.6 Å². The van der Waals surface area contributed by atoms with Crippen LogP contribution in [0.15, 0.2) is 4.99 Å². The van der Waals surface area contributed by atoms with Crippen molar-refractivity contribution in [3.63, 3.8) is 0 Å². The fourth-order valence-corrected chi connectivity index (χ4v) is 0.110. The van der Waals surface area contributed by atoms with Gasteiger partial charge in [-0.1, -0.05) is 0 Å². The Morgan fingerprint density at radius 3 is 1.88 bits per heavy atom. The summed E-state index contributed by atoms with van der Waals surface area (Å²) in [5.74, 6) is -0.437. The summed E-state index contributed by atoms with van der Waals surface area (Å²) in [4.78, 5) is 12.1. The van der Waals surface area contributed by atoms with Crippen molar-refractivity contribution in [2.75, 3.05) is 0 Å². The van der Waals surface area contributed by atoms with Crippen LogP contribution in [0, 0.1) is 0 Å². The molecule has 0 radical (unpaired) electrons. The Balaban J connectivity index is 0. The quantitative estimate of drug-likeness (QED) is 0.307. The number of guanidine groups is 1. The van der Waals surface area contributed by atoms with Crippen molar-refractivity contribution < 1.29 is 9.90 Å². The van der Waals surface area contributed by atoms with Gasteiger partial charge in [0.2, 0.25) is 0 Å². The third-order valence-electron chi connectivity index (χ3n) is 0.225. The predicted octanol–water partition coefficient (Wildman–Crippen LogP) is -0.640. The van der Waals surface area contributed by atoms with Crippen molar-refractivity contribution in [1.82, 2.24) is 0 Å². The number of carbonyl (C=O) groups is 1. The molecule has 48 valence electrons. The van der Waals surface area contributed by atoms with Crippen LogP contribution in [0.1, 0.15) is 0 Å². The van der Waals surface area contributed by atoms with Crippen LogP contribution in [0.5, 0.6) is 0 Å². The molecule has 6 heteroatoms. The molecule has 8 heavy (non-hydrogen) atoms. The third-order valence-corrected chi connectivity index (χ3v) is 0.225. The maximum absolute atomic E-state index is 9.46. The molecule has 0 bridgehead atoms. The fourth-order valence-electron chi connectivity index (χ4n) is 0.110. The lowest BCUT2D eigenvalue weighted by atomic mass is 11.0. The van der Waals surface area contributed by atoms with Gasteiger partial charge in [-0.2, -0.15) is 0 Å². The van der Waals surface area contributed by atoms with E-state index in [4.69, 9.17) is 5.11 Å². The van der Waals surface area contributed by atoms with E-state index in [2.05, 4.69) is 16.5 Å². The Morgan fingerprint density at radius 2 is 1.88 bits per heavy atom. The van der Waals surface area contributed by atoms with Gasteiger partial charge >= 0.3 is 6.09 Å². The molecule has 0 aliphatic heterocycles. The lowest BCUT2D eigenvalue weighted by Crippen LogP contribution is -2.23. The van der Waals surface area contributed by atoms with Crippen LogP contribution in [-0.2, 0) is 0 Å². The molecule has 0 unspecified atom stereocenters. The van der Waals surface area contributed by atoms with E-state index in [1.807, 2.05) is 0 Å². The summed E-state index contributed by atoms with van der Waals surface area (Å²) >= 11 is 0. The number of amides is 1. The molecule has 5 nitrogen and oxygen atoms in total. The Kier molecular flexibility index (Phi) is 5.30. The molecule has 0 aromatic heterocycles. The molecule has 5 N–H and O–H groups in total. The average Bonchev–Trinajstić information content (AvgIpc) is 1.27. The summed E-state index contributed by atoms with van der Waals surface area (Å²) in [6, 6.07) is 0. The molecule has 1 amide bonds. The van der Waals surface area contributed by atoms with Crippen molar-refractivity contribution in [2.45, 2.75) is 0 Å². The first-order chi connectivity index (χ1) is 3.13. The molecule has 0 saturated carbocycles. The highest BCUT2D eigenvalue weighted by Gasteiger charge is 1.86. The molecule has 0 fully saturated rings. The molecule has 0 heterocycles. The summed E-state index contributed by atoms with van der Waals surface area (Å²) in [7, 11) is 0. The Morgan fingerprint density at radius 1 is 1.50 bits per heavy atom. The van der Waals surface area contributed by atoms with Gasteiger partial charge in [0.25, 0.3) is 0 Å². The normalized spacial score (nSPS) is 6.50. The minimum atomic E-state index is -1.37. The third kappa shape index (κ3) is 8.90. The van der Waals surface area contributed by atoms with Crippen LogP contribution in [0.2, 0.25) is 0 Å². The van der Waals surface area contributed by atoms with Gasteiger partial charge in [0, 0.05) is 0 Å². The van der Waals surface area contributed by atoms with Crippen LogP contribution in [-0.4, -0.2) is 17.2 Å². The fraction of sp³-hybridized carbons (Fsp3) is 0. The molecule has 0 saturated heterocycles. The van der Waals surface area contributed by atoms with E-state index in [0.717, 1.165) is 0 Å². The van der Waals surface area contributed by atoms with Crippen LogP contribution >= 0.6 is 12.4 Å². The summed E-state index contributed by atoms with van der Waals surface area (Å²) in [5.41, 5.74) is 9.28. The highest BCUT2D eigenvalue weighted by Crippen LogP contribution is 1.64. The highest BCUT2D eigenvalue weighted by molar-refractivity contribution is 5.86. The number of aliphatic imine (C=N–C) groups is 1. The topological polar surface area (TPSA) is 102 Å². The van der Waals surface area contributed by atoms with E-state index in [1.54, 1.807) is 0 Å². The molecular formula is C2H6ClN3O2. The Hall–Kier alpha value is -0.970. The summed E-state index contributed by atoms with van der Waals surface area (Å²) < 4.78 is 0. The average molecular weight is 140 g/mol. The van der Waals surface area contributed by atoms with Crippen LogP contribution in [0.4, 0.5) is 4.79 Å². The van der Waals surface area contributed by atoms with Crippen LogP contribution < -0.4 is 11.5 Å². The molecule has 0 atom stereocenters. The van der Waals surface area contributed by atoms with Crippen molar-refractivity contribution >= 4 is 24.5 Å². The molecule has 0 aromatic carbocycles. The lowest BCUT2D eigenvalue weighted by Gasteiger charge is -1.81. The Labute approximate surface area is 51.8 Å². The summed E-state index contributed by atoms with van der Waals surface area (Å²) in [5, 5.41) is 7.74. The van der Waals surface area contributed by atoms with Gasteiger partial charge in [-0.05, 0) is 0 Å². The number of nitrogens with zero attached hydrogens (tertiary/aromatic N) is 1. The van der Waals surface area contributed by atoms with E-state index >= 15 is 0 Å². The number of halogens is 1. The zero-order valence-electron chi connectivity index (χ0n) is 3.87. The minimum Gasteiger partial charge on any atom is -0.463 e. The van der Waals surface area contributed by atoms with E-state index in [-0.39, 0.29) is 12.4 Å². The number of hydrogen-bond acceptors (Lipinski definition) is 1. The SMILES string of the molecule is Cl.NC(N)=NC(=O)O.